The van der Waals surface area contributed by atoms with Crippen LogP contribution in [0.25, 0.3) is 0 Å². The summed E-state index contributed by atoms with van der Waals surface area (Å²) in [6, 6.07) is 0. The van der Waals surface area contributed by atoms with Crippen molar-refractivity contribution in [3.63, 3.8) is 0 Å². The molecule has 0 saturated carbocycles. The molecule has 0 amide bonds. The first-order valence-electron chi connectivity index (χ1n) is 4.93. The van der Waals surface area contributed by atoms with E-state index in [1.807, 2.05) is 18.2 Å². The molecule has 1 aromatic heterocycles. The van der Waals surface area contributed by atoms with Gasteiger partial charge in [0.1, 0.15) is 0 Å². The fourth-order valence-corrected chi connectivity index (χ4v) is 1.63. The van der Waals surface area contributed by atoms with Crippen molar-refractivity contribution in [2.24, 2.45) is 0 Å². The summed E-state index contributed by atoms with van der Waals surface area (Å²) in [5.41, 5.74) is 0. The van der Waals surface area contributed by atoms with Crippen molar-refractivity contribution in [3.8, 4) is 0 Å². The van der Waals surface area contributed by atoms with E-state index in [-0.39, 0.29) is 6.61 Å². The van der Waals surface area contributed by atoms with Crippen LogP contribution in [-0.4, -0.2) is 57.8 Å². The lowest BCUT2D eigenvalue weighted by Crippen LogP contribution is -2.31. The molecule has 0 aromatic carbocycles. The standard InChI is InChI=1S/C9H17N3O3S/c1-12(3-7(14)5-13)4-9-10-8(6-16-2)11-15-9/h7,13-14H,3-6H2,1-2H3. The van der Waals surface area contributed by atoms with Gasteiger partial charge in [0.05, 0.1) is 25.0 Å². The molecule has 0 aliphatic heterocycles. The molecule has 0 fully saturated rings. The third-order valence-electron chi connectivity index (χ3n) is 1.92. The maximum Gasteiger partial charge on any atom is 0.240 e. The van der Waals surface area contributed by atoms with Gasteiger partial charge in [0.2, 0.25) is 5.89 Å². The second-order valence-corrected chi connectivity index (χ2v) is 4.44. The lowest BCUT2D eigenvalue weighted by atomic mass is 10.3. The minimum Gasteiger partial charge on any atom is -0.394 e. The highest BCUT2D eigenvalue weighted by Gasteiger charge is 2.11. The molecule has 0 aliphatic rings. The number of thioether (sulfide) groups is 1. The molecule has 0 spiro atoms. The van der Waals surface area contributed by atoms with Crippen LogP contribution in [-0.2, 0) is 12.3 Å². The summed E-state index contributed by atoms with van der Waals surface area (Å²) in [5.74, 6) is 1.93. The molecule has 0 bridgehead atoms. The average molecular weight is 247 g/mol. The summed E-state index contributed by atoms with van der Waals surface area (Å²) in [4.78, 5) is 6.01. The first-order chi connectivity index (χ1) is 7.65. The second-order valence-electron chi connectivity index (χ2n) is 3.57. The van der Waals surface area contributed by atoms with Crippen LogP contribution in [0.4, 0.5) is 0 Å². The Hall–Kier alpha value is -0.630. The minimum absolute atomic E-state index is 0.244. The molecular weight excluding hydrogens is 230 g/mol. The van der Waals surface area contributed by atoms with E-state index in [2.05, 4.69) is 10.1 Å². The van der Waals surface area contributed by atoms with Gasteiger partial charge in [0, 0.05) is 6.54 Å². The predicted octanol–water partition coefficient (Wildman–Crippen LogP) is -0.282. The molecule has 92 valence electrons. The van der Waals surface area contributed by atoms with Gasteiger partial charge >= 0.3 is 0 Å². The summed E-state index contributed by atoms with van der Waals surface area (Å²) < 4.78 is 5.04. The summed E-state index contributed by atoms with van der Waals surface area (Å²) in [7, 11) is 1.82. The number of hydrogen-bond acceptors (Lipinski definition) is 7. The van der Waals surface area contributed by atoms with E-state index in [9.17, 15) is 5.11 Å². The molecule has 6 nitrogen and oxygen atoms in total. The first-order valence-corrected chi connectivity index (χ1v) is 6.33. The largest absolute Gasteiger partial charge is 0.394 e. The molecule has 1 aromatic rings. The van der Waals surface area contributed by atoms with Crippen LogP contribution >= 0.6 is 11.8 Å². The highest BCUT2D eigenvalue weighted by molar-refractivity contribution is 7.97. The Kier molecular flexibility index (Phi) is 5.75. The highest BCUT2D eigenvalue weighted by Crippen LogP contribution is 2.07. The molecular formula is C9H17N3O3S. The van der Waals surface area contributed by atoms with Gasteiger partial charge in [0.15, 0.2) is 5.82 Å². The number of hydrogen-bond donors (Lipinski definition) is 2. The lowest BCUT2D eigenvalue weighted by Gasteiger charge is -2.16. The summed E-state index contributed by atoms with van der Waals surface area (Å²) in [5, 5.41) is 21.7. The van der Waals surface area contributed by atoms with Crippen molar-refractivity contribution in [2.75, 3.05) is 26.5 Å². The smallest absolute Gasteiger partial charge is 0.240 e. The van der Waals surface area contributed by atoms with Crippen molar-refractivity contribution < 1.29 is 14.7 Å². The van der Waals surface area contributed by atoms with Crippen molar-refractivity contribution in [1.82, 2.24) is 15.0 Å². The Morgan fingerprint density at radius 3 is 2.94 bits per heavy atom. The fraction of sp³-hybridized carbons (Fsp3) is 0.778. The van der Waals surface area contributed by atoms with Gasteiger partial charge in [0.25, 0.3) is 0 Å². The van der Waals surface area contributed by atoms with Crippen molar-refractivity contribution in [2.45, 2.75) is 18.4 Å². The molecule has 16 heavy (non-hydrogen) atoms. The Balaban J connectivity index is 2.40. The normalized spacial score (nSPS) is 13.3. The zero-order valence-electron chi connectivity index (χ0n) is 9.46. The first kappa shape index (κ1) is 13.4. The van der Waals surface area contributed by atoms with Crippen molar-refractivity contribution in [1.29, 1.82) is 0 Å². The lowest BCUT2D eigenvalue weighted by molar-refractivity contribution is 0.0621. The van der Waals surface area contributed by atoms with Gasteiger partial charge in [-0.3, -0.25) is 4.90 Å². The van der Waals surface area contributed by atoms with E-state index in [1.165, 1.54) is 0 Å². The number of aromatic nitrogens is 2. The molecule has 0 radical (unpaired) electrons. The Morgan fingerprint density at radius 1 is 1.56 bits per heavy atom. The van der Waals surface area contributed by atoms with E-state index in [4.69, 9.17) is 9.63 Å². The molecule has 0 aliphatic carbocycles. The SMILES string of the molecule is CSCc1noc(CN(C)CC(O)CO)n1. The number of rotatable bonds is 7. The molecule has 1 atom stereocenters. The topological polar surface area (TPSA) is 82.6 Å². The Bertz CT molecular complexity index is 308. The number of aliphatic hydroxyl groups excluding tert-OH is 2. The maximum absolute atomic E-state index is 9.23. The Morgan fingerprint density at radius 2 is 2.31 bits per heavy atom. The molecule has 7 heteroatoms. The fourth-order valence-electron chi connectivity index (χ4n) is 1.26. The average Bonchev–Trinajstić information content (AvgIpc) is 2.65. The van der Waals surface area contributed by atoms with Gasteiger partial charge < -0.3 is 14.7 Å². The van der Waals surface area contributed by atoms with Crippen LogP contribution in [0.5, 0.6) is 0 Å². The molecule has 1 unspecified atom stereocenters. The second kappa shape index (κ2) is 6.85. The van der Waals surface area contributed by atoms with Crippen LogP contribution in [0.15, 0.2) is 4.52 Å². The van der Waals surface area contributed by atoms with E-state index < -0.39 is 6.10 Å². The van der Waals surface area contributed by atoms with Gasteiger partial charge in [-0.2, -0.15) is 16.7 Å². The van der Waals surface area contributed by atoms with Gasteiger partial charge in [-0.15, -0.1) is 0 Å². The quantitative estimate of drug-likeness (QED) is 0.685. The minimum atomic E-state index is -0.737. The monoisotopic (exact) mass is 247 g/mol. The van der Waals surface area contributed by atoms with E-state index >= 15 is 0 Å². The van der Waals surface area contributed by atoms with E-state index in [1.54, 1.807) is 11.8 Å². The maximum atomic E-state index is 9.23. The van der Waals surface area contributed by atoms with E-state index in [0.717, 1.165) is 5.75 Å². The predicted molar refractivity (Wildman–Crippen MR) is 60.9 cm³/mol. The van der Waals surface area contributed by atoms with E-state index in [0.29, 0.717) is 24.8 Å². The van der Waals surface area contributed by atoms with Gasteiger partial charge in [-0.1, -0.05) is 5.16 Å². The molecule has 1 rings (SSSR count). The van der Waals surface area contributed by atoms with Crippen LogP contribution in [0.1, 0.15) is 11.7 Å². The summed E-state index contributed by atoms with van der Waals surface area (Å²) >= 11 is 1.63. The number of aliphatic hydroxyl groups is 2. The summed E-state index contributed by atoms with van der Waals surface area (Å²) in [6.07, 6.45) is 1.23. The molecule has 0 saturated heterocycles. The Labute approximate surface area is 98.6 Å². The number of likely N-dealkylation sites (N-methyl/N-ethyl adjacent to an activating group) is 1. The van der Waals surface area contributed by atoms with Crippen molar-refractivity contribution >= 4 is 11.8 Å². The van der Waals surface area contributed by atoms with Crippen LogP contribution in [0, 0.1) is 0 Å². The van der Waals surface area contributed by atoms with Crippen LogP contribution in [0.2, 0.25) is 0 Å². The third kappa shape index (κ3) is 4.48. The molecule has 2 N–H and O–H groups in total. The van der Waals surface area contributed by atoms with Crippen molar-refractivity contribution in [3.05, 3.63) is 11.7 Å². The zero-order valence-corrected chi connectivity index (χ0v) is 10.3. The zero-order chi connectivity index (χ0) is 12.0. The van der Waals surface area contributed by atoms with Gasteiger partial charge in [-0.05, 0) is 13.3 Å². The number of nitrogens with zero attached hydrogens (tertiary/aromatic N) is 3. The summed E-state index contributed by atoms with van der Waals surface area (Å²) in [6.45, 7) is 0.598. The van der Waals surface area contributed by atoms with Gasteiger partial charge in [-0.25, -0.2) is 0 Å². The highest BCUT2D eigenvalue weighted by atomic mass is 32.2. The van der Waals surface area contributed by atoms with Crippen LogP contribution < -0.4 is 0 Å². The van der Waals surface area contributed by atoms with Crippen LogP contribution in [0.3, 0.4) is 0 Å². The molecule has 1 heterocycles. The third-order valence-corrected chi connectivity index (χ3v) is 2.47.